The molecule has 1 aromatic carbocycles. The first-order valence-electron chi connectivity index (χ1n) is 10.7. The Hall–Kier alpha value is -2.14. The minimum Gasteiger partial charge on any atom is -0.351 e. The van der Waals surface area contributed by atoms with Crippen molar-refractivity contribution < 1.29 is 9.32 Å². The summed E-state index contributed by atoms with van der Waals surface area (Å²) < 4.78 is 5.41. The Labute approximate surface area is 167 Å². The number of likely N-dealkylation sites (tertiary alicyclic amines) is 1. The van der Waals surface area contributed by atoms with Crippen LogP contribution in [0.3, 0.4) is 0 Å². The summed E-state index contributed by atoms with van der Waals surface area (Å²) in [6.45, 7) is 5.17. The van der Waals surface area contributed by atoms with Gasteiger partial charge in [-0.25, -0.2) is 0 Å². The van der Waals surface area contributed by atoms with E-state index in [-0.39, 0.29) is 11.9 Å². The monoisotopic (exact) mass is 381 g/mol. The highest BCUT2D eigenvalue weighted by atomic mass is 16.5. The van der Waals surface area contributed by atoms with Crippen LogP contribution in [0.25, 0.3) is 0 Å². The second-order valence-electron chi connectivity index (χ2n) is 8.49. The summed E-state index contributed by atoms with van der Waals surface area (Å²) in [5.41, 5.74) is 3.58. The fraction of sp³-hybridized carbons (Fsp3) is 0.565. The van der Waals surface area contributed by atoms with Crippen molar-refractivity contribution in [1.82, 2.24) is 15.4 Å². The Bertz CT molecular complexity index is 795. The molecule has 2 aromatic rings. The van der Waals surface area contributed by atoms with Crippen LogP contribution in [0.4, 0.5) is 0 Å². The zero-order valence-electron chi connectivity index (χ0n) is 16.8. The maximum atomic E-state index is 12.5. The van der Waals surface area contributed by atoms with E-state index in [0.29, 0.717) is 11.7 Å². The number of carbonyl (C=O) groups excluding carboxylic acids is 1. The molecular formula is C23H31N3O2. The van der Waals surface area contributed by atoms with Crippen LogP contribution in [-0.4, -0.2) is 35.1 Å². The second kappa shape index (κ2) is 8.91. The number of nitrogens with one attached hydrogen (secondary N) is 1. The molecule has 4 rings (SSSR count). The van der Waals surface area contributed by atoms with Gasteiger partial charge in [0.15, 0.2) is 0 Å². The summed E-state index contributed by atoms with van der Waals surface area (Å²) in [6.07, 6.45) is 8.07. The van der Waals surface area contributed by atoms with Crippen LogP contribution >= 0.6 is 0 Å². The van der Waals surface area contributed by atoms with Crippen molar-refractivity contribution in [2.24, 2.45) is 0 Å². The third kappa shape index (κ3) is 4.82. The quantitative estimate of drug-likeness (QED) is 0.833. The number of carbonyl (C=O) groups is 1. The van der Waals surface area contributed by atoms with E-state index in [1.807, 2.05) is 6.07 Å². The average molecular weight is 382 g/mol. The minimum atomic E-state index is -0.113. The molecule has 0 spiro atoms. The molecule has 2 heterocycles. The fourth-order valence-electron chi connectivity index (χ4n) is 4.60. The zero-order chi connectivity index (χ0) is 19.3. The number of amides is 1. The number of benzene rings is 1. The lowest BCUT2D eigenvalue weighted by Crippen LogP contribution is -2.36. The Balaban J connectivity index is 1.35. The number of hydrogen-bond acceptors (Lipinski definition) is 4. The molecule has 0 radical (unpaired) electrons. The third-order valence-electron chi connectivity index (χ3n) is 6.11. The van der Waals surface area contributed by atoms with Gasteiger partial charge in [-0.15, -0.1) is 0 Å². The zero-order valence-corrected chi connectivity index (χ0v) is 16.8. The summed E-state index contributed by atoms with van der Waals surface area (Å²) in [5.74, 6) is 0.577. The number of rotatable bonds is 5. The average Bonchev–Trinajstić information content (AvgIpc) is 3.20. The van der Waals surface area contributed by atoms with Crippen LogP contribution in [0, 0.1) is 6.92 Å². The molecule has 1 atom stereocenters. The smallest absolute Gasteiger partial charge is 0.290 e. The van der Waals surface area contributed by atoms with Gasteiger partial charge in [0.05, 0.1) is 5.69 Å². The summed E-state index contributed by atoms with van der Waals surface area (Å²) in [7, 11) is 0. The van der Waals surface area contributed by atoms with Crippen molar-refractivity contribution in [2.45, 2.75) is 70.4 Å². The Morgan fingerprint density at radius 3 is 2.86 bits per heavy atom. The molecule has 150 valence electrons. The van der Waals surface area contributed by atoms with Gasteiger partial charge in [0.25, 0.3) is 5.91 Å². The van der Waals surface area contributed by atoms with E-state index in [1.165, 1.54) is 30.4 Å². The molecule has 2 fully saturated rings. The van der Waals surface area contributed by atoms with Crippen LogP contribution in [0.5, 0.6) is 0 Å². The highest BCUT2D eigenvalue weighted by molar-refractivity contribution is 5.91. The standard InChI is InChI=1S/C23H31N3O2/c1-17-7-5-8-18(13-17)15-26-12-6-9-19(16-26)21-14-22(28-25-21)23(27)24-20-10-3-2-4-11-20/h5,7-8,13-14,19-20H,2-4,6,9-12,15-16H2,1H3,(H,24,27). The Morgan fingerprint density at radius 1 is 1.18 bits per heavy atom. The van der Waals surface area contributed by atoms with Gasteiger partial charge in [0, 0.05) is 31.1 Å². The number of piperidine rings is 1. The molecule has 1 amide bonds. The molecule has 5 heteroatoms. The van der Waals surface area contributed by atoms with Crippen LogP contribution < -0.4 is 5.32 Å². The van der Waals surface area contributed by atoms with Gasteiger partial charge in [-0.3, -0.25) is 9.69 Å². The van der Waals surface area contributed by atoms with E-state index in [4.69, 9.17) is 4.52 Å². The van der Waals surface area contributed by atoms with Crippen molar-refractivity contribution >= 4 is 5.91 Å². The summed E-state index contributed by atoms with van der Waals surface area (Å²) in [6, 6.07) is 10.9. The first kappa shape index (κ1) is 19.2. The molecular weight excluding hydrogens is 350 g/mol. The van der Waals surface area contributed by atoms with Gasteiger partial charge in [0.2, 0.25) is 5.76 Å². The van der Waals surface area contributed by atoms with Crippen LogP contribution in [0.15, 0.2) is 34.9 Å². The topological polar surface area (TPSA) is 58.4 Å². The van der Waals surface area contributed by atoms with Crippen LogP contribution in [-0.2, 0) is 6.54 Å². The van der Waals surface area contributed by atoms with Gasteiger partial charge in [-0.2, -0.15) is 0 Å². The predicted octanol–water partition coefficient (Wildman–Crippen LogP) is 4.43. The number of aromatic nitrogens is 1. The van der Waals surface area contributed by atoms with E-state index < -0.39 is 0 Å². The molecule has 1 saturated carbocycles. The molecule has 1 aromatic heterocycles. The summed E-state index contributed by atoms with van der Waals surface area (Å²) >= 11 is 0. The predicted molar refractivity (Wildman–Crippen MR) is 109 cm³/mol. The number of aryl methyl sites for hydroxylation is 1. The van der Waals surface area contributed by atoms with Crippen molar-refractivity contribution in [3.05, 3.63) is 52.9 Å². The van der Waals surface area contributed by atoms with Crippen molar-refractivity contribution in [1.29, 1.82) is 0 Å². The molecule has 28 heavy (non-hydrogen) atoms. The van der Waals surface area contributed by atoms with Crippen molar-refractivity contribution in [3.8, 4) is 0 Å². The van der Waals surface area contributed by atoms with E-state index >= 15 is 0 Å². The second-order valence-corrected chi connectivity index (χ2v) is 8.49. The van der Waals surface area contributed by atoms with Crippen LogP contribution in [0.2, 0.25) is 0 Å². The summed E-state index contributed by atoms with van der Waals surface area (Å²) in [5, 5.41) is 7.36. The van der Waals surface area contributed by atoms with Crippen LogP contribution in [0.1, 0.15) is 78.2 Å². The molecule has 1 aliphatic heterocycles. The van der Waals surface area contributed by atoms with E-state index in [2.05, 4.69) is 46.6 Å². The van der Waals surface area contributed by atoms with Gasteiger partial charge in [0.1, 0.15) is 0 Å². The van der Waals surface area contributed by atoms with Gasteiger partial charge >= 0.3 is 0 Å². The molecule has 1 N–H and O–H groups in total. The summed E-state index contributed by atoms with van der Waals surface area (Å²) in [4.78, 5) is 15.0. The van der Waals surface area contributed by atoms with Crippen molar-refractivity contribution in [3.63, 3.8) is 0 Å². The van der Waals surface area contributed by atoms with Gasteiger partial charge in [-0.1, -0.05) is 54.2 Å². The largest absolute Gasteiger partial charge is 0.351 e. The fourth-order valence-corrected chi connectivity index (χ4v) is 4.60. The lowest BCUT2D eigenvalue weighted by atomic mass is 9.94. The molecule has 0 bridgehead atoms. The SMILES string of the molecule is Cc1cccc(CN2CCCC(c3cc(C(=O)NC4CCCCC4)on3)C2)c1. The Morgan fingerprint density at radius 2 is 2.04 bits per heavy atom. The van der Waals surface area contributed by atoms with E-state index in [1.54, 1.807) is 0 Å². The minimum absolute atomic E-state index is 0.113. The number of nitrogens with zero attached hydrogens (tertiary/aromatic N) is 2. The third-order valence-corrected chi connectivity index (χ3v) is 6.11. The molecule has 2 aliphatic rings. The van der Waals surface area contributed by atoms with Gasteiger partial charge < -0.3 is 9.84 Å². The first-order valence-corrected chi connectivity index (χ1v) is 10.7. The first-order chi connectivity index (χ1) is 13.7. The van der Waals surface area contributed by atoms with E-state index in [9.17, 15) is 4.79 Å². The van der Waals surface area contributed by atoms with E-state index in [0.717, 1.165) is 51.0 Å². The highest BCUT2D eigenvalue weighted by Gasteiger charge is 2.26. The van der Waals surface area contributed by atoms with Gasteiger partial charge in [-0.05, 0) is 44.7 Å². The lowest BCUT2D eigenvalue weighted by molar-refractivity contribution is 0.0890. The molecule has 5 nitrogen and oxygen atoms in total. The lowest BCUT2D eigenvalue weighted by Gasteiger charge is -2.31. The maximum absolute atomic E-state index is 12.5. The molecule has 1 saturated heterocycles. The molecule has 1 aliphatic carbocycles. The van der Waals surface area contributed by atoms with Crippen molar-refractivity contribution in [2.75, 3.05) is 13.1 Å². The number of hydrogen-bond donors (Lipinski definition) is 1. The molecule has 1 unspecified atom stereocenters. The Kier molecular flexibility index (Phi) is 6.10. The highest BCUT2D eigenvalue weighted by Crippen LogP contribution is 2.28. The normalized spacial score (nSPS) is 21.5. The maximum Gasteiger partial charge on any atom is 0.290 e.